The molecule has 0 amide bonds. The number of carboxylic acid groups (broad SMARTS) is 1. The molecule has 1 atom stereocenters. The number of ether oxygens (including phenoxy) is 1. The van der Waals surface area contributed by atoms with Crippen molar-refractivity contribution in [3.63, 3.8) is 0 Å². The molecular weight excluding hydrogens is 464 g/mol. The van der Waals surface area contributed by atoms with Gasteiger partial charge >= 0.3 is 12.0 Å². The number of aromatic nitrogens is 1. The van der Waals surface area contributed by atoms with Gasteiger partial charge in [-0.15, -0.1) is 0 Å². The van der Waals surface area contributed by atoms with Crippen molar-refractivity contribution in [3.8, 4) is 5.75 Å². The summed E-state index contributed by atoms with van der Waals surface area (Å²) in [4.78, 5) is 18.7. The summed E-state index contributed by atoms with van der Waals surface area (Å²) >= 11 is 6.09. The normalized spacial score (nSPS) is 12.1. The van der Waals surface area contributed by atoms with Crippen LogP contribution in [0.15, 0.2) is 89.3 Å². The predicted molar refractivity (Wildman–Crippen MR) is 137 cm³/mol. The zero-order chi connectivity index (χ0) is 24.4. The van der Waals surface area contributed by atoms with E-state index in [4.69, 9.17) is 25.7 Å². The number of benzene rings is 4. The van der Waals surface area contributed by atoms with E-state index in [1.54, 1.807) is 12.1 Å². The highest BCUT2D eigenvalue weighted by atomic mass is 35.5. The number of hydrogen-bond acceptors (Lipinski definition) is 5. The molecule has 4 aromatic carbocycles. The van der Waals surface area contributed by atoms with Gasteiger partial charge in [-0.05, 0) is 41.3 Å². The number of carboxylic acids is 1. The summed E-state index contributed by atoms with van der Waals surface area (Å²) in [6.07, 6.45) is -0.00291. The quantitative estimate of drug-likeness (QED) is 0.235. The Bertz CT molecular complexity index is 1460. The largest absolute Gasteiger partial charge is 0.478 e. The van der Waals surface area contributed by atoms with E-state index < -0.39 is 12.2 Å². The van der Waals surface area contributed by atoms with Gasteiger partial charge in [0.1, 0.15) is 16.8 Å². The third kappa shape index (κ3) is 4.66. The first-order valence-electron chi connectivity index (χ1n) is 11.3. The minimum absolute atomic E-state index is 0.103. The Labute approximate surface area is 207 Å². The number of fused-ring (bicyclic) bond motifs is 2. The van der Waals surface area contributed by atoms with E-state index >= 15 is 0 Å². The van der Waals surface area contributed by atoms with E-state index in [-0.39, 0.29) is 5.56 Å². The molecule has 5 rings (SSSR count). The van der Waals surface area contributed by atoms with Crippen LogP contribution in [0.5, 0.6) is 5.75 Å². The third-order valence-electron chi connectivity index (χ3n) is 5.86. The number of carbonyl (C=O) groups is 1. The van der Waals surface area contributed by atoms with Crippen molar-refractivity contribution in [1.82, 2.24) is 4.98 Å². The first-order chi connectivity index (χ1) is 17.0. The lowest BCUT2D eigenvalue weighted by atomic mass is 10.1. The lowest BCUT2D eigenvalue weighted by Gasteiger charge is -2.31. The molecule has 35 heavy (non-hydrogen) atoms. The zero-order valence-electron chi connectivity index (χ0n) is 19.0. The van der Waals surface area contributed by atoms with Gasteiger partial charge in [-0.2, -0.15) is 4.98 Å². The van der Waals surface area contributed by atoms with Gasteiger partial charge in [-0.25, -0.2) is 4.79 Å². The van der Waals surface area contributed by atoms with Crippen LogP contribution in [0.3, 0.4) is 0 Å². The van der Waals surface area contributed by atoms with Gasteiger partial charge in [0.05, 0.1) is 6.54 Å². The molecule has 176 valence electrons. The molecular formula is C28H23ClN2O4. The van der Waals surface area contributed by atoms with E-state index in [0.29, 0.717) is 35.3 Å². The minimum atomic E-state index is -1.05. The van der Waals surface area contributed by atoms with Gasteiger partial charge in [0, 0.05) is 16.8 Å². The van der Waals surface area contributed by atoms with Crippen LogP contribution < -0.4 is 9.64 Å². The van der Waals surface area contributed by atoms with Crippen molar-refractivity contribution >= 4 is 45.5 Å². The van der Waals surface area contributed by atoms with Crippen LogP contribution in [0.1, 0.15) is 29.3 Å². The second-order valence-corrected chi connectivity index (χ2v) is 8.60. The Morgan fingerprint density at radius 1 is 1.03 bits per heavy atom. The molecule has 0 saturated heterocycles. The van der Waals surface area contributed by atoms with Crippen molar-refractivity contribution < 1.29 is 19.1 Å². The van der Waals surface area contributed by atoms with Crippen LogP contribution in [0.25, 0.3) is 21.9 Å². The summed E-state index contributed by atoms with van der Waals surface area (Å²) < 4.78 is 12.6. The Balaban J connectivity index is 1.60. The molecule has 0 radical (unpaired) electrons. The fourth-order valence-electron chi connectivity index (χ4n) is 4.10. The van der Waals surface area contributed by atoms with E-state index in [1.807, 2.05) is 84.6 Å². The molecule has 1 unspecified atom stereocenters. The predicted octanol–water partition coefficient (Wildman–Crippen LogP) is 7.15. The van der Waals surface area contributed by atoms with Crippen LogP contribution >= 0.6 is 11.6 Å². The summed E-state index contributed by atoms with van der Waals surface area (Å²) in [6, 6.07) is 26.4. The van der Waals surface area contributed by atoms with Crippen molar-refractivity contribution in [2.24, 2.45) is 0 Å². The molecule has 0 spiro atoms. The molecule has 0 fully saturated rings. The van der Waals surface area contributed by atoms with E-state index in [9.17, 15) is 9.90 Å². The number of halogens is 1. The average molecular weight is 487 g/mol. The lowest BCUT2D eigenvalue weighted by molar-refractivity contribution is 0.0688. The second kappa shape index (κ2) is 9.68. The van der Waals surface area contributed by atoms with Crippen LogP contribution in [0.4, 0.5) is 6.01 Å². The summed E-state index contributed by atoms with van der Waals surface area (Å²) in [6.45, 7) is 2.41. The molecule has 0 aliphatic rings. The fourth-order valence-corrected chi connectivity index (χ4v) is 4.23. The molecule has 0 bridgehead atoms. The summed E-state index contributed by atoms with van der Waals surface area (Å²) in [5, 5.41) is 12.2. The maximum atomic E-state index is 12.1. The second-order valence-electron chi connectivity index (χ2n) is 8.17. The van der Waals surface area contributed by atoms with Gasteiger partial charge in [-0.1, -0.05) is 73.1 Å². The highest BCUT2D eigenvalue weighted by Gasteiger charge is 2.27. The van der Waals surface area contributed by atoms with Gasteiger partial charge in [0.2, 0.25) is 0 Å². The number of para-hydroxylation sites is 2. The van der Waals surface area contributed by atoms with E-state index in [2.05, 4.69) is 0 Å². The molecule has 1 aromatic heterocycles. The minimum Gasteiger partial charge on any atom is -0.478 e. The highest BCUT2D eigenvalue weighted by molar-refractivity contribution is 6.30. The van der Waals surface area contributed by atoms with Crippen molar-refractivity contribution in [3.05, 3.63) is 101 Å². The first-order valence-corrected chi connectivity index (χ1v) is 11.7. The SMILES string of the molecule is CCC(Oc1c(C(=O)O)ccc2ccccc12)N(Cc1ccc(Cl)cc1)c1nc2ccccc2o1. The zero-order valence-corrected chi connectivity index (χ0v) is 19.8. The Morgan fingerprint density at radius 2 is 1.77 bits per heavy atom. The van der Waals surface area contributed by atoms with Gasteiger partial charge in [0.15, 0.2) is 11.8 Å². The molecule has 0 aliphatic carbocycles. The Kier molecular flexibility index (Phi) is 6.29. The molecule has 0 saturated carbocycles. The smallest absolute Gasteiger partial charge is 0.339 e. The number of hydrogen-bond donors (Lipinski definition) is 1. The maximum Gasteiger partial charge on any atom is 0.339 e. The summed E-state index contributed by atoms with van der Waals surface area (Å²) in [5.74, 6) is -0.730. The van der Waals surface area contributed by atoms with Crippen molar-refractivity contribution in [1.29, 1.82) is 0 Å². The van der Waals surface area contributed by atoms with Crippen LogP contribution in [0.2, 0.25) is 5.02 Å². The Hall–Kier alpha value is -4.03. The van der Waals surface area contributed by atoms with Crippen LogP contribution in [-0.4, -0.2) is 22.3 Å². The Morgan fingerprint density at radius 3 is 2.51 bits per heavy atom. The molecule has 1 N–H and O–H groups in total. The summed E-state index contributed by atoms with van der Waals surface area (Å²) in [7, 11) is 0. The summed E-state index contributed by atoms with van der Waals surface area (Å²) in [5.41, 5.74) is 2.48. The third-order valence-corrected chi connectivity index (χ3v) is 6.11. The van der Waals surface area contributed by atoms with Crippen molar-refractivity contribution in [2.75, 3.05) is 4.90 Å². The number of aromatic carboxylic acids is 1. The molecule has 0 aliphatic heterocycles. The fraction of sp³-hybridized carbons (Fsp3) is 0.143. The molecule has 5 aromatic rings. The van der Waals surface area contributed by atoms with E-state index in [0.717, 1.165) is 21.9 Å². The number of nitrogens with zero attached hydrogens (tertiary/aromatic N) is 2. The lowest BCUT2D eigenvalue weighted by Crippen LogP contribution is -2.39. The number of anilines is 1. The monoisotopic (exact) mass is 486 g/mol. The number of oxazole rings is 1. The highest BCUT2D eigenvalue weighted by Crippen LogP contribution is 2.34. The van der Waals surface area contributed by atoms with Crippen LogP contribution in [0, 0.1) is 0 Å². The average Bonchev–Trinajstić information content (AvgIpc) is 3.31. The molecule has 1 heterocycles. The van der Waals surface area contributed by atoms with Gasteiger partial charge < -0.3 is 14.3 Å². The standard InChI is InChI=1S/C28H23ClN2O4/c1-2-25(35-26-21-8-4-3-7-19(21)13-16-22(26)27(32)33)31(17-18-11-14-20(29)15-12-18)28-30-23-9-5-6-10-24(23)34-28/h3-16,25H,2,17H2,1H3,(H,32,33). The number of rotatable bonds is 8. The maximum absolute atomic E-state index is 12.1. The molecule has 6 nitrogen and oxygen atoms in total. The van der Waals surface area contributed by atoms with Gasteiger partial charge in [0.25, 0.3) is 0 Å². The first kappa shape index (κ1) is 22.7. The topological polar surface area (TPSA) is 75.8 Å². The van der Waals surface area contributed by atoms with Crippen LogP contribution in [-0.2, 0) is 6.54 Å². The van der Waals surface area contributed by atoms with E-state index in [1.165, 1.54) is 0 Å². The van der Waals surface area contributed by atoms with Gasteiger partial charge in [-0.3, -0.25) is 4.90 Å². The van der Waals surface area contributed by atoms with Crippen molar-refractivity contribution in [2.45, 2.75) is 26.1 Å². The molecule has 7 heteroatoms.